The van der Waals surface area contributed by atoms with Gasteiger partial charge in [0.2, 0.25) is 0 Å². The third-order valence-electron chi connectivity index (χ3n) is 2.39. The lowest BCUT2D eigenvalue weighted by atomic mass is 9.87. The molecule has 0 saturated carbocycles. The third kappa shape index (κ3) is 1.04. The Balaban J connectivity index is 2.55. The van der Waals surface area contributed by atoms with E-state index in [2.05, 4.69) is 0 Å². The van der Waals surface area contributed by atoms with Crippen LogP contribution < -0.4 is 5.73 Å². The number of rotatable bonds is 0. The van der Waals surface area contributed by atoms with Crippen molar-refractivity contribution in [3.8, 4) is 0 Å². The molecule has 0 fully saturated rings. The Labute approximate surface area is 71.9 Å². The highest BCUT2D eigenvalue weighted by Crippen LogP contribution is 2.26. The van der Waals surface area contributed by atoms with Crippen LogP contribution in [0.4, 0.5) is 0 Å². The van der Waals surface area contributed by atoms with Crippen molar-refractivity contribution in [3.05, 3.63) is 35.4 Å². The topological polar surface area (TPSA) is 49.9 Å². The first-order valence-electron chi connectivity index (χ1n) is 4.21. The minimum atomic E-state index is 0.135. The molecular weight excluding hydrogens is 148 g/mol. The first kappa shape index (κ1) is 7.50. The summed E-state index contributed by atoms with van der Waals surface area (Å²) in [5, 5.41) is 7.70. The monoisotopic (exact) mass is 160 g/mol. The van der Waals surface area contributed by atoms with Gasteiger partial charge in [-0.1, -0.05) is 24.3 Å². The third-order valence-corrected chi connectivity index (χ3v) is 2.39. The Hall–Kier alpha value is -1.15. The lowest BCUT2D eigenvalue weighted by Gasteiger charge is -2.22. The number of hydrogen-bond acceptors (Lipinski definition) is 2. The summed E-state index contributed by atoms with van der Waals surface area (Å²) in [7, 11) is 0. The van der Waals surface area contributed by atoms with Crippen molar-refractivity contribution in [2.24, 2.45) is 5.73 Å². The van der Waals surface area contributed by atoms with E-state index in [1.165, 1.54) is 0 Å². The second-order valence-electron chi connectivity index (χ2n) is 3.21. The molecule has 1 aromatic carbocycles. The van der Waals surface area contributed by atoms with Crippen LogP contribution in [0.25, 0.3) is 0 Å². The van der Waals surface area contributed by atoms with Gasteiger partial charge in [-0.25, -0.2) is 0 Å². The van der Waals surface area contributed by atoms with Crippen LogP contribution >= 0.6 is 0 Å². The highest BCUT2D eigenvalue weighted by Gasteiger charge is 2.19. The summed E-state index contributed by atoms with van der Waals surface area (Å²) in [6, 6.07) is 8.09. The predicted molar refractivity (Wildman–Crippen MR) is 49.4 cm³/mol. The molecule has 0 aliphatic heterocycles. The van der Waals surface area contributed by atoms with Crippen LogP contribution in [0, 0.1) is 5.41 Å². The zero-order chi connectivity index (χ0) is 8.55. The van der Waals surface area contributed by atoms with Crippen LogP contribution in [0.5, 0.6) is 0 Å². The van der Waals surface area contributed by atoms with Crippen LogP contribution in [0.1, 0.15) is 30.0 Å². The zero-order valence-electron chi connectivity index (χ0n) is 6.88. The Kier molecular flexibility index (Phi) is 1.70. The van der Waals surface area contributed by atoms with E-state index in [0.29, 0.717) is 0 Å². The minimum Gasteiger partial charge on any atom is -0.324 e. The average Bonchev–Trinajstić information content (AvgIpc) is 2.12. The van der Waals surface area contributed by atoms with Crippen LogP contribution in [-0.2, 0) is 0 Å². The molecule has 2 nitrogen and oxygen atoms in total. The Morgan fingerprint density at radius 3 is 2.83 bits per heavy atom. The number of nitrogens with one attached hydrogen (secondary N) is 1. The maximum Gasteiger partial charge on any atom is 0.0390 e. The molecule has 1 aromatic rings. The largest absolute Gasteiger partial charge is 0.324 e. The Morgan fingerprint density at radius 1 is 1.33 bits per heavy atom. The number of hydrogen-bond donors (Lipinski definition) is 2. The molecule has 0 spiro atoms. The van der Waals surface area contributed by atoms with Gasteiger partial charge in [-0.05, 0) is 24.0 Å². The SMILES string of the molecule is N=C1CCC(N)c2ccccc21. The van der Waals surface area contributed by atoms with Crippen molar-refractivity contribution < 1.29 is 0 Å². The van der Waals surface area contributed by atoms with Gasteiger partial charge >= 0.3 is 0 Å². The van der Waals surface area contributed by atoms with Gasteiger partial charge < -0.3 is 11.1 Å². The molecule has 0 saturated heterocycles. The van der Waals surface area contributed by atoms with Gasteiger partial charge in [0.15, 0.2) is 0 Å². The molecule has 12 heavy (non-hydrogen) atoms. The van der Waals surface area contributed by atoms with Crippen LogP contribution in [0.15, 0.2) is 24.3 Å². The van der Waals surface area contributed by atoms with Gasteiger partial charge in [0.1, 0.15) is 0 Å². The molecular formula is C10H12N2. The molecule has 1 atom stereocenters. The van der Waals surface area contributed by atoms with Crippen molar-refractivity contribution in [1.29, 1.82) is 5.41 Å². The molecule has 0 heterocycles. The first-order chi connectivity index (χ1) is 5.79. The maximum absolute atomic E-state index is 7.70. The standard InChI is InChI=1S/C10H12N2/c11-9-5-6-10(12)8-4-2-1-3-7(8)9/h1-4,9,12H,5-6,11H2. The normalized spacial score (nSPS) is 22.1. The predicted octanol–water partition coefficient (Wildman–Crippen LogP) is 1.85. The van der Waals surface area contributed by atoms with Crippen LogP contribution in [-0.4, -0.2) is 5.71 Å². The number of nitrogens with two attached hydrogens (primary N) is 1. The van der Waals surface area contributed by atoms with Gasteiger partial charge in [-0.2, -0.15) is 0 Å². The fourth-order valence-electron chi connectivity index (χ4n) is 1.69. The molecule has 3 N–H and O–H groups in total. The van der Waals surface area contributed by atoms with E-state index in [9.17, 15) is 0 Å². The van der Waals surface area contributed by atoms with Crippen LogP contribution in [0.3, 0.4) is 0 Å². The summed E-state index contributed by atoms with van der Waals surface area (Å²) >= 11 is 0. The number of benzene rings is 1. The van der Waals surface area contributed by atoms with Gasteiger partial charge in [-0.3, -0.25) is 0 Å². The van der Waals surface area contributed by atoms with Gasteiger partial charge in [0, 0.05) is 11.8 Å². The molecule has 2 heteroatoms. The average molecular weight is 160 g/mol. The van der Waals surface area contributed by atoms with Gasteiger partial charge in [-0.15, -0.1) is 0 Å². The second kappa shape index (κ2) is 2.72. The highest BCUT2D eigenvalue weighted by molar-refractivity contribution is 6.00. The molecule has 1 aliphatic carbocycles. The summed E-state index contributed by atoms with van der Waals surface area (Å²) in [4.78, 5) is 0. The van der Waals surface area contributed by atoms with Crippen molar-refractivity contribution in [2.75, 3.05) is 0 Å². The molecule has 2 rings (SSSR count). The van der Waals surface area contributed by atoms with E-state index in [1.54, 1.807) is 0 Å². The fraction of sp³-hybridized carbons (Fsp3) is 0.300. The van der Waals surface area contributed by atoms with Crippen molar-refractivity contribution in [2.45, 2.75) is 18.9 Å². The minimum absolute atomic E-state index is 0.135. The molecule has 0 aromatic heterocycles. The molecule has 0 amide bonds. The number of fused-ring (bicyclic) bond motifs is 1. The summed E-state index contributed by atoms with van der Waals surface area (Å²) in [5.41, 5.74) is 8.81. The van der Waals surface area contributed by atoms with Gasteiger partial charge in [0.05, 0.1) is 0 Å². The fourth-order valence-corrected chi connectivity index (χ4v) is 1.69. The Morgan fingerprint density at radius 2 is 2.08 bits per heavy atom. The van der Waals surface area contributed by atoms with Crippen molar-refractivity contribution in [1.82, 2.24) is 0 Å². The lowest BCUT2D eigenvalue weighted by Crippen LogP contribution is -2.21. The molecule has 62 valence electrons. The lowest BCUT2D eigenvalue weighted by molar-refractivity contribution is 0.654. The smallest absolute Gasteiger partial charge is 0.0390 e. The van der Waals surface area contributed by atoms with E-state index >= 15 is 0 Å². The summed E-state index contributed by atoms with van der Waals surface area (Å²) in [6.07, 6.45) is 1.73. The maximum atomic E-state index is 7.70. The first-order valence-corrected chi connectivity index (χ1v) is 4.21. The summed E-state index contributed by atoms with van der Waals surface area (Å²) in [6.45, 7) is 0. The molecule has 1 unspecified atom stereocenters. The molecule has 0 radical (unpaired) electrons. The Bertz CT molecular complexity index is 317. The van der Waals surface area contributed by atoms with E-state index in [-0.39, 0.29) is 6.04 Å². The van der Waals surface area contributed by atoms with Crippen LogP contribution in [0.2, 0.25) is 0 Å². The molecule has 1 aliphatic rings. The van der Waals surface area contributed by atoms with Crippen molar-refractivity contribution >= 4 is 5.71 Å². The van der Waals surface area contributed by atoms with E-state index < -0.39 is 0 Å². The second-order valence-corrected chi connectivity index (χ2v) is 3.21. The van der Waals surface area contributed by atoms with E-state index in [4.69, 9.17) is 11.1 Å². The molecule has 0 bridgehead atoms. The van der Waals surface area contributed by atoms with E-state index in [1.807, 2.05) is 24.3 Å². The summed E-state index contributed by atoms with van der Waals surface area (Å²) in [5.74, 6) is 0. The van der Waals surface area contributed by atoms with Crippen molar-refractivity contribution in [3.63, 3.8) is 0 Å². The highest BCUT2D eigenvalue weighted by atomic mass is 14.6. The quantitative estimate of drug-likeness (QED) is 0.597. The summed E-state index contributed by atoms with van der Waals surface area (Å²) < 4.78 is 0. The zero-order valence-corrected chi connectivity index (χ0v) is 6.88. The van der Waals surface area contributed by atoms with E-state index in [0.717, 1.165) is 29.7 Å². The van der Waals surface area contributed by atoms with Gasteiger partial charge in [0.25, 0.3) is 0 Å².